The minimum absolute atomic E-state index is 0.180. The van der Waals surface area contributed by atoms with Gasteiger partial charge in [0, 0.05) is 5.02 Å². The number of rotatable bonds is 3. The fourth-order valence-corrected chi connectivity index (χ4v) is 1.82. The molecule has 1 N–H and O–H groups in total. The molecule has 0 amide bonds. The molecule has 1 heterocycles. The third kappa shape index (κ3) is 2.33. The average Bonchev–Trinajstić information content (AvgIpc) is 2.66. The lowest BCUT2D eigenvalue weighted by Gasteiger charge is -2.06. The van der Waals surface area contributed by atoms with E-state index in [1.807, 2.05) is 18.2 Å². The van der Waals surface area contributed by atoms with Crippen molar-refractivity contribution in [1.29, 1.82) is 0 Å². The van der Waals surface area contributed by atoms with Gasteiger partial charge in [0.2, 0.25) is 0 Å². The van der Waals surface area contributed by atoms with E-state index in [1.54, 1.807) is 6.07 Å². The Labute approximate surface area is 97.5 Å². The summed E-state index contributed by atoms with van der Waals surface area (Å²) in [6, 6.07) is 7.16. The van der Waals surface area contributed by atoms with Crippen LogP contribution in [0.4, 0.5) is 0 Å². The van der Waals surface area contributed by atoms with Crippen LogP contribution in [0.15, 0.2) is 29.3 Å². The number of halogens is 1. The number of carboxylic acids is 1. The zero-order valence-corrected chi connectivity index (χ0v) is 9.15. The van der Waals surface area contributed by atoms with E-state index in [2.05, 4.69) is 4.99 Å². The van der Waals surface area contributed by atoms with E-state index in [1.165, 1.54) is 0 Å². The monoisotopic (exact) mass is 239 g/mol. The van der Waals surface area contributed by atoms with Crippen LogP contribution >= 0.6 is 11.6 Å². The van der Waals surface area contributed by atoms with E-state index in [0.29, 0.717) is 11.6 Å². The molecule has 0 fully saturated rings. The van der Waals surface area contributed by atoms with Gasteiger partial charge in [-0.15, -0.1) is 0 Å². The van der Waals surface area contributed by atoms with Gasteiger partial charge in [-0.05, 0) is 11.6 Å². The normalized spacial score (nSPS) is 19.1. The maximum atomic E-state index is 10.5. The zero-order chi connectivity index (χ0) is 11.5. The predicted molar refractivity (Wildman–Crippen MR) is 59.8 cm³/mol. The molecule has 2 rings (SSSR count). The highest BCUT2D eigenvalue weighted by Gasteiger charge is 2.23. The van der Waals surface area contributed by atoms with E-state index in [4.69, 9.17) is 21.4 Å². The number of ether oxygens (including phenoxy) is 1. The molecule has 0 saturated carbocycles. The molecule has 1 aromatic carbocycles. The van der Waals surface area contributed by atoms with Crippen LogP contribution in [-0.4, -0.2) is 23.6 Å². The Kier molecular flexibility index (Phi) is 3.10. The molecule has 0 radical (unpaired) electrons. The van der Waals surface area contributed by atoms with Crippen molar-refractivity contribution in [3.63, 3.8) is 0 Å². The third-order valence-electron chi connectivity index (χ3n) is 2.27. The Balaban J connectivity index is 2.16. The van der Waals surface area contributed by atoms with Crippen molar-refractivity contribution in [2.45, 2.75) is 12.5 Å². The molecular formula is C11H10ClNO3. The lowest BCUT2D eigenvalue weighted by Crippen LogP contribution is -2.06. The van der Waals surface area contributed by atoms with Crippen molar-refractivity contribution >= 4 is 23.5 Å². The van der Waals surface area contributed by atoms with Crippen molar-refractivity contribution in [3.8, 4) is 0 Å². The lowest BCUT2D eigenvalue weighted by atomic mass is 10.1. The number of hydrogen-bond acceptors (Lipinski definition) is 3. The van der Waals surface area contributed by atoms with E-state index in [-0.39, 0.29) is 18.4 Å². The first kappa shape index (κ1) is 11.0. The number of carbonyl (C=O) groups is 1. The molecule has 0 saturated heterocycles. The van der Waals surface area contributed by atoms with Crippen molar-refractivity contribution in [2.24, 2.45) is 4.99 Å². The van der Waals surface area contributed by atoms with Gasteiger partial charge in [0.25, 0.3) is 0 Å². The number of nitrogens with zero attached hydrogens (tertiary/aromatic N) is 1. The topological polar surface area (TPSA) is 58.9 Å². The van der Waals surface area contributed by atoms with E-state index < -0.39 is 5.97 Å². The quantitative estimate of drug-likeness (QED) is 0.880. The summed E-state index contributed by atoms with van der Waals surface area (Å²) in [4.78, 5) is 14.7. The Morgan fingerprint density at radius 3 is 3.00 bits per heavy atom. The second-order valence-corrected chi connectivity index (χ2v) is 3.85. The lowest BCUT2D eigenvalue weighted by molar-refractivity contribution is -0.135. The average molecular weight is 240 g/mol. The van der Waals surface area contributed by atoms with Crippen LogP contribution in [0.25, 0.3) is 0 Å². The van der Waals surface area contributed by atoms with Crippen molar-refractivity contribution in [3.05, 3.63) is 34.9 Å². The second kappa shape index (κ2) is 4.53. The number of hydrogen-bond donors (Lipinski definition) is 1. The first-order valence-electron chi connectivity index (χ1n) is 4.82. The molecule has 1 aliphatic rings. The molecule has 84 valence electrons. The van der Waals surface area contributed by atoms with Crippen LogP contribution in [0.5, 0.6) is 0 Å². The predicted octanol–water partition coefficient (Wildman–Crippen LogP) is 2.28. The van der Waals surface area contributed by atoms with Crippen molar-refractivity contribution in [1.82, 2.24) is 0 Å². The van der Waals surface area contributed by atoms with Crippen LogP contribution in [0.3, 0.4) is 0 Å². The van der Waals surface area contributed by atoms with Crippen LogP contribution in [0.2, 0.25) is 5.02 Å². The van der Waals surface area contributed by atoms with Crippen LogP contribution < -0.4 is 0 Å². The molecule has 5 heteroatoms. The first-order chi connectivity index (χ1) is 7.66. The third-order valence-corrected chi connectivity index (χ3v) is 2.62. The van der Waals surface area contributed by atoms with Gasteiger partial charge in [-0.2, -0.15) is 0 Å². The summed E-state index contributed by atoms with van der Waals surface area (Å²) >= 11 is 6.02. The number of aliphatic imine (C=N–C) groups is 1. The molecular weight excluding hydrogens is 230 g/mol. The summed E-state index contributed by atoms with van der Waals surface area (Å²) in [5.74, 6) is -0.684. The maximum absolute atomic E-state index is 10.5. The van der Waals surface area contributed by atoms with Gasteiger partial charge in [-0.1, -0.05) is 29.8 Å². The summed E-state index contributed by atoms with van der Waals surface area (Å²) in [5, 5.41) is 9.22. The van der Waals surface area contributed by atoms with Crippen molar-refractivity contribution < 1.29 is 14.6 Å². The summed E-state index contributed by atoms with van der Waals surface area (Å²) < 4.78 is 5.20. The smallest absolute Gasteiger partial charge is 0.312 e. The van der Waals surface area contributed by atoms with E-state index in [9.17, 15) is 4.79 Å². The van der Waals surface area contributed by atoms with Gasteiger partial charge in [-0.3, -0.25) is 4.79 Å². The fraction of sp³-hybridized carbons (Fsp3) is 0.273. The van der Waals surface area contributed by atoms with Gasteiger partial charge in [-0.25, -0.2) is 4.99 Å². The first-order valence-corrected chi connectivity index (χ1v) is 5.20. The van der Waals surface area contributed by atoms with Gasteiger partial charge < -0.3 is 9.84 Å². The Morgan fingerprint density at radius 1 is 1.56 bits per heavy atom. The molecule has 1 aromatic rings. The summed E-state index contributed by atoms with van der Waals surface area (Å²) in [7, 11) is 0. The summed E-state index contributed by atoms with van der Waals surface area (Å²) in [6.45, 7) is 0.354. The van der Waals surface area contributed by atoms with Crippen LogP contribution in [0, 0.1) is 0 Å². The second-order valence-electron chi connectivity index (χ2n) is 3.44. The molecule has 0 bridgehead atoms. The standard InChI is InChI=1S/C11H10ClNO3/c12-8-4-2-1-3-7(8)9-6-16-10(13-9)5-11(14)15/h1-4,9H,5-6H2,(H,14,15). The SMILES string of the molecule is O=C(O)CC1=NC(c2ccccc2Cl)CO1. The minimum atomic E-state index is -0.946. The molecule has 16 heavy (non-hydrogen) atoms. The molecule has 0 aromatic heterocycles. The summed E-state index contributed by atoms with van der Waals surface area (Å²) in [6.07, 6.45) is -0.180. The maximum Gasteiger partial charge on any atom is 0.312 e. The molecule has 0 aliphatic carbocycles. The Morgan fingerprint density at radius 2 is 2.31 bits per heavy atom. The number of benzene rings is 1. The molecule has 1 unspecified atom stereocenters. The largest absolute Gasteiger partial charge is 0.481 e. The molecule has 4 nitrogen and oxygen atoms in total. The van der Waals surface area contributed by atoms with Gasteiger partial charge in [0.1, 0.15) is 19.1 Å². The highest BCUT2D eigenvalue weighted by Crippen LogP contribution is 2.29. The van der Waals surface area contributed by atoms with E-state index >= 15 is 0 Å². The minimum Gasteiger partial charge on any atom is -0.481 e. The highest BCUT2D eigenvalue weighted by molar-refractivity contribution is 6.31. The molecule has 1 aliphatic heterocycles. The van der Waals surface area contributed by atoms with Gasteiger partial charge in [0.15, 0.2) is 5.90 Å². The molecule has 1 atom stereocenters. The summed E-state index contributed by atoms with van der Waals surface area (Å²) in [5.41, 5.74) is 0.865. The Hall–Kier alpha value is -1.55. The van der Waals surface area contributed by atoms with Crippen LogP contribution in [0.1, 0.15) is 18.0 Å². The molecule has 0 spiro atoms. The zero-order valence-electron chi connectivity index (χ0n) is 8.39. The number of aliphatic carboxylic acids is 1. The number of carboxylic acid groups (broad SMARTS) is 1. The van der Waals surface area contributed by atoms with Gasteiger partial charge >= 0.3 is 5.97 Å². The van der Waals surface area contributed by atoms with Crippen LogP contribution in [-0.2, 0) is 9.53 Å². The Bertz CT molecular complexity index is 445. The fourth-order valence-electron chi connectivity index (χ4n) is 1.55. The van der Waals surface area contributed by atoms with Crippen molar-refractivity contribution in [2.75, 3.05) is 6.61 Å². The van der Waals surface area contributed by atoms with Gasteiger partial charge in [0.05, 0.1) is 0 Å². The highest BCUT2D eigenvalue weighted by atomic mass is 35.5. The van der Waals surface area contributed by atoms with E-state index in [0.717, 1.165) is 5.56 Å².